The van der Waals surface area contributed by atoms with Crippen LogP contribution in [0.15, 0.2) is 63.8 Å². The number of benzene rings is 1. The Bertz CT molecular complexity index is 818. The summed E-state index contributed by atoms with van der Waals surface area (Å²) in [6.07, 6.45) is 3.28. The van der Waals surface area contributed by atoms with Crippen molar-refractivity contribution in [1.29, 1.82) is 0 Å². The molecule has 0 fully saturated rings. The summed E-state index contributed by atoms with van der Waals surface area (Å²) in [4.78, 5) is 14.6. The molecule has 5 nitrogen and oxygen atoms in total. The van der Waals surface area contributed by atoms with Crippen LogP contribution in [0.4, 0.5) is 0 Å². The fourth-order valence-corrected chi connectivity index (χ4v) is 3.02. The van der Waals surface area contributed by atoms with Gasteiger partial charge in [0, 0.05) is 0 Å². The molecule has 142 valence electrons. The van der Waals surface area contributed by atoms with Gasteiger partial charge in [-0.3, -0.25) is 9.69 Å². The van der Waals surface area contributed by atoms with E-state index in [2.05, 4.69) is 37.4 Å². The highest BCUT2D eigenvalue weighted by Gasteiger charge is 2.17. The Morgan fingerprint density at radius 3 is 2.15 bits per heavy atom. The van der Waals surface area contributed by atoms with E-state index in [4.69, 9.17) is 8.83 Å². The number of nitrogens with zero attached hydrogens (tertiary/aromatic N) is 1. The first kappa shape index (κ1) is 19.0. The molecule has 2 aromatic heterocycles. The highest BCUT2D eigenvalue weighted by atomic mass is 16.3. The van der Waals surface area contributed by atoms with Crippen LogP contribution in [0.5, 0.6) is 0 Å². The van der Waals surface area contributed by atoms with Gasteiger partial charge in [-0.2, -0.15) is 0 Å². The van der Waals surface area contributed by atoms with Gasteiger partial charge in [0.05, 0.1) is 38.2 Å². The van der Waals surface area contributed by atoms with Crippen molar-refractivity contribution in [2.24, 2.45) is 0 Å². The first-order valence-corrected chi connectivity index (χ1v) is 9.15. The molecular weight excluding hydrogens is 340 g/mol. The topological polar surface area (TPSA) is 58.6 Å². The van der Waals surface area contributed by atoms with Crippen molar-refractivity contribution in [3.8, 4) is 0 Å². The Balaban J connectivity index is 1.63. The zero-order chi connectivity index (χ0) is 19.2. The second kappa shape index (κ2) is 8.73. The average Bonchev–Trinajstić information content (AvgIpc) is 3.31. The summed E-state index contributed by atoms with van der Waals surface area (Å²) >= 11 is 0. The van der Waals surface area contributed by atoms with Crippen LogP contribution < -0.4 is 5.32 Å². The molecule has 1 atom stereocenters. The van der Waals surface area contributed by atoms with Crippen LogP contribution in [0, 0.1) is 13.8 Å². The fourth-order valence-electron chi connectivity index (χ4n) is 3.02. The minimum absolute atomic E-state index is 0.0289. The molecule has 1 amide bonds. The number of hydrogen-bond acceptors (Lipinski definition) is 4. The number of amides is 1. The summed E-state index contributed by atoms with van der Waals surface area (Å²) in [5, 5.41) is 3.09. The van der Waals surface area contributed by atoms with Gasteiger partial charge >= 0.3 is 0 Å². The van der Waals surface area contributed by atoms with Crippen LogP contribution in [0.25, 0.3) is 0 Å². The van der Waals surface area contributed by atoms with E-state index in [1.54, 1.807) is 12.5 Å². The molecular formula is C22H26N2O3. The number of carbonyl (C=O) groups is 1. The molecule has 0 spiro atoms. The van der Waals surface area contributed by atoms with Gasteiger partial charge in [-0.15, -0.1) is 0 Å². The van der Waals surface area contributed by atoms with E-state index in [0.29, 0.717) is 13.1 Å². The maximum absolute atomic E-state index is 12.6. The lowest BCUT2D eigenvalue weighted by Gasteiger charge is -2.22. The SMILES string of the molecule is Cc1ccc(C(C)NC(=O)CN(Cc2ccco2)Cc2ccco2)cc1C. The standard InChI is InChI=1S/C22H26N2O3/c1-16-8-9-19(12-17(16)2)18(3)23-22(25)15-24(13-20-6-4-10-26-20)14-21-7-5-11-27-21/h4-12,18H,13-15H2,1-3H3,(H,23,25). The van der Waals surface area contributed by atoms with Gasteiger partial charge in [-0.1, -0.05) is 18.2 Å². The van der Waals surface area contributed by atoms with Gasteiger partial charge in [0.25, 0.3) is 0 Å². The second-order valence-electron chi connectivity index (χ2n) is 6.94. The Labute approximate surface area is 160 Å². The summed E-state index contributed by atoms with van der Waals surface area (Å²) < 4.78 is 10.9. The maximum atomic E-state index is 12.6. The molecule has 1 N–H and O–H groups in total. The van der Waals surface area contributed by atoms with Crippen LogP contribution >= 0.6 is 0 Å². The van der Waals surface area contributed by atoms with E-state index < -0.39 is 0 Å². The molecule has 0 aliphatic carbocycles. The number of nitrogens with one attached hydrogen (secondary N) is 1. The molecule has 0 saturated carbocycles. The summed E-state index contributed by atoms with van der Waals surface area (Å²) in [7, 11) is 0. The number of aryl methyl sites for hydroxylation is 2. The van der Waals surface area contributed by atoms with Crippen molar-refractivity contribution in [1.82, 2.24) is 10.2 Å². The van der Waals surface area contributed by atoms with E-state index in [0.717, 1.165) is 17.1 Å². The number of hydrogen-bond donors (Lipinski definition) is 1. The summed E-state index contributed by atoms with van der Waals surface area (Å²) in [6.45, 7) is 7.52. The number of rotatable bonds is 8. The van der Waals surface area contributed by atoms with Gasteiger partial charge in [0.2, 0.25) is 5.91 Å². The Kier molecular flexibility index (Phi) is 6.14. The van der Waals surface area contributed by atoms with Crippen LogP contribution in [-0.2, 0) is 17.9 Å². The predicted octanol–water partition coefficient (Wildman–Crippen LogP) is 4.37. The molecule has 3 rings (SSSR count). The first-order valence-electron chi connectivity index (χ1n) is 9.15. The molecule has 0 bridgehead atoms. The van der Waals surface area contributed by atoms with E-state index >= 15 is 0 Å². The van der Waals surface area contributed by atoms with Crippen LogP contribution in [-0.4, -0.2) is 17.4 Å². The molecule has 0 radical (unpaired) electrons. The summed E-state index contributed by atoms with van der Waals surface area (Å²) in [5.41, 5.74) is 3.58. The quantitative estimate of drug-likeness (QED) is 0.643. The minimum Gasteiger partial charge on any atom is -0.468 e. The van der Waals surface area contributed by atoms with E-state index in [-0.39, 0.29) is 18.5 Å². The van der Waals surface area contributed by atoms with Crippen molar-refractivity contribution in [3.63, 3.8) is 0 Å². The normalized spacial score (nSPS) is 12.3. The fraction of sp³-hybridized carbons (Fsp3) is 0.318. The highest BCUT2D eigenvalue weighted by Crippen LogP contribution is 2.17. The third kappa shape index (κ3) is 5.34. The lowest BCUT2D eigenvalue weighted by molar-refractivity contribution is -0.123. The first-order chi connectivity index (χ1) is 13.0. The van der Waals surface area contributed by atoms with Gasteiger partial charge < -0.3 is 14.2 Å². The van der Waals surface area contributed by atoms with Crippen molar-refractivity contribution < 1.29 is 13.6 Å². The highest BCUT2D eigenvalue weighted by molar-refractivity contribution is 5.78. The molecule has 2 heterocycles. The predicted molar refractivity (Wildman–Crippen MR) is 104 cm³/mol. The summed E-state index contributed by atoms with van der Waals surface area (Å²) in [5.74, 6) is 1.60. The minimum atomic E-state index is -0.0501. The molecule has 1 aromatic carbocycles. The molecule has 0 aliphatic rings. The molecule has 3 aromatic rings. The lowest BCUT2D eigenvalue weighted by atomic mass is 10.0. The molecule has 0 aliphatic heterocycles. The van der Waals surface area contributed by atoms with Crippen molar-refractivity contribution >= 4 is 5.91 Å². The molecule has 1 unspecified atom stereocenters. The number of carbonyl (C=O) groups excluding carboxylic acids is 1. The average molecular weight is 366 g/mol. The second-order valence-corrected chi connectivity index (χ2v) is 6.94. The van der Waals surface area contributed by atoms with Crippen LogP contribution in [0.1, 0.15) is 41.2 Å². The van der Waals surface area contributed by atoms with Gasteiger partial charge in [-0.25, -0.2) is 0 Å². The Morgan fingerprint density at radius 1 is 1.00 bits per heavy atom. The van der Waals surface area contributed by atoms with E-state index in [9.17, 15) is 4.79 Å². The smallest absolute Gasteiger partial charge is 0.234 e. The lowest BCUT2D eigenvalue weighted by Crippen LogP contribution is -2.37. The Hall–Kier alpha value is -2.79. The summed E-state index contributed by atoms with van der Waals surface area (Å²) in [6, 6.07) is 13.7. The monoisotopic (exact) mass is 366 g/mol. The van der Waals surface area contributed by atoms with E-state index in [1.165, 1.54) is 11.1 Å². The maximum Gasteiger partial charge on any atom is 0.234 e. The van der Waals surface area contributed by atoms with Crippen molar-refractivity contribution in [3.05, 3.63) is 83.2 Å². The molecule has 5 heteroatoms. The van der Waals surface area contributed by atoms with Crippen molar-refractivity contribution in [2.45, 2.75) is 39.9 Å². The van der Waals surface area contributed by atoms with E-state index in [1.807, 2.05) is 36.1 Å². The third-order valence-corrected chi connectivity index (χ3v) is 4.69. The molecule has 27 heavy (non-hydrogen) atoms. The largest absolute Gasteiger partial charge is 0.468 e. The van der Waals surface area contributed by atoms with Gasteiger partial charge in [0.1, 0.15) is 11.5 Å². The zero-order valence-electron chi connectivity index (χ0n) is 16.1. The zero-order valence-corrected chi connectivity index (χ0v) is 16.1. The van der Waals surface area contributed by atoms with Crippen molar-refractivity contribution in [2.75, 3.05) is 6.54 Å². The van der Waals surface area contributed by atoms with Crippen LogP contribution in [0.2, 0.25) is 0 Å². The number of furan rings is 2. The third-order valence-electron chi connectivity index (χ3n) is 4.69. The van der Waals surface area contributed by atoms with Gasteiger partial charge in [-0.05, 0) is 61.7 Å². The van der Waals surface area contributed by atoms with Gasteiger partial charge in [0.15, 0.2) is 0 Å². The van der Waals surface area contributed by atoms with Crippen LogP contribution in [0.3, 0.4) is 0 Å². The molecule has 0 saturated heterocycles. The Morgan fingerprint density at radius 2 is 1.63 bits per heavy atom.